The maximum atomic E-state index is 14.5. The van der Waals surface area contributed by atoms with Gasteiger partial charge in [-0.05, 0) is 12.1 Å². The molecule has 0 spiro atoms. The third kappa shape index (κ3) is 4.48. The van der Waals surface area contributed by atoms with Crippen molar-refractivity contribution in [3.63, 3.8) is 0 Å². The van der Waals surface area contributed by atoms with E-state index in [4.69, 9.17) is 22.1 Å². The summed E-state index contributed by atoms with van der Waals surface area (Å²) in [5.74, 6) is -4.16. The van der Waals surface area contributed by atoms with Crippen molar-refractivity contribution in [1.29, 1.82) is 0 Å². The van der Waals surface area contributed by atoms with Crippen LogP contribution >= 0.6 is 11.6 Å². The number of alkyl halides is 3. The van der Waals surface area contributed by atoms with Crippen LogP contribution in [0.2, 0.25) is 5.02 Å². The van der Waals surface area contributed by atoms with Gasteiger partial charge in [0, 0.05) is 0 Å². The molecule has 0 unspecified atom stereocenters. The van der Waals surface area contributed by atoms with Crippen LogP contribution in [0, 0.1) is 5.82 Å². The second kappa shape index (κ2) is 7.82. The molecule has 0 aliphatic heterocycles. The van der Waals surface area contributed by atoms with E-state index < -0.39 is 47.7 Å². The zero-order chi connectivity index (χ0) is 20.4. The van der Waals surface area contributed by atoms with Gasteiger partial charge in [-0.2, -0.15) is 13.2 Å². The number of ether oxygens (including phenoxy) is 3. The molecule has 0 saturated heterocycles. The number of aromatic nitrogens is 2. The van der Waals surface area contributed by atoms with Crippen molar-refractivity contribution in [2.75, 3.05) is 26.6 Å². The lowest BCUT2D eigenvalue weighted by molar-refractivity contribution is -0.153. The first-order chi connectivity index (χ1) is 12.6. The molecule has 0 bridgehead atoms. The van der Waals surface area contributed by atoms with Gasteiger partial charge in [-0.1, -0.05) is 11.6 Å². The first kappa shape index (κ1) is 20.5. The molecule has 146 valence electrons. The predicted octanol–water partition coefficient (Wildman–Crippen LogP) is 3.25. The van der Waals surface area contributed by atoms with Crippen molar-refractivity contribution in [2.45, 2.75) is 6.18 Å². The molecule has 27 heavy (non-hydrogen) atoms. The highest BCUT2D eigenvalue weighted by molar-refractivity contribution is 6.32. The summed E-state index contributed by atoms with van der Waals surface area (Å²) in [6.45, 7) is -1.74. The van der Waals surface area contributed by atoms with Crippen LogP contribution in [0.1, 0.15) is 10.5 Å². The Balaban J connectivity index is 2.61. The normalized spacial score (nSPS) is 11.2. The van der Waals surface area contributed by atoms with Gasteiger partial charge >= 0.3 is 12.1 Å². The number of nitrogens with zero attached hydrogens (tertiary/aromatic N) is 2. The Bertz CT molecular complexity index is 877. The number of carbonyl (C=O) groups is 1. The van der Waals surface area contributed by atoms with Crippen LogP contribution in [0.3, 0.4) is 0 Å². The van der Waals surface area contributed by atoms with Crippen LogP contribution in [-0.2, 0) is 4.74 Å². The van der Waals surface area contributed by atoms with E-state index in [1.54, 1.807) is 0 Å². The monoisotopic (exact) mass is 409 g/mol. The van der Waals surface area contributed by atoms with Gasteiger partial charge in [0.2, 0.25) is 0 Å². The lowest BCUT2D eigenvalue weighted by Crippen LogP contribution is -2.22. The lowest BCUT2D eigenvalue weighted by Gasteiger charge is -2.15. The molecule has 7 nitrogen and oxygen atoms in total. The predicted molar refractivity (Wildman–Crippen MR) is 86.3 cm³/mol. The molecule has 0 atom stereocenters. The summed E-state index contributed by atoms with van der Waals surface area (Å²) >= 11 is 5.80. The van der Waals surface area contributed by atoms with Crippen LogP contribution in [0.15, 0.2) is 12.1 Å². The number of carbonyl (C=O) groups excluding carboxylic acids is 1. The lowest BCUT2D eigenvalue weighted by atomic mass is 10.1. The number of nitrogen functional groups attached to an aromatic ring is 1. The van der Waals surface area contributed by atoms with Crippen molar-refractivity contribution in [3.8, 4) is 22.9 Å². The summed E-state index contributed by atoms with van der Waals surface area (Å²) in [7, 11) is 2.15. The Labute approximate surface area is 155 Å². The summed E-state index contributed by atoms with van der Waals surface area (Å²) in [5.41, 5.74) is 4.65. The van der Waals surface area contributed by atoms with E-state index in [2.05, 4.69) is 19.4 Å². The molecule has 12 heteroatoms. The Morgan fingerprint density at radius 3 is 2.44 bits per heavy atom. The molecule has 1 aromatic heterocycles. The Morgan fingerprint density at radius 1 is 1.22 bits per heavy atom. The number of benzene rings is 1. The number of halogens is 5. The van der Waals surface area contributed by atoms with Gasteiger partial charge in [0.25, 0.3) is 0 Å². The first-order valence-electron chi connectivity index (χ1n) is 7.06. The molecule has 0 aliphatic rings. The van der Waals surface area contributed by atoms with Crippen molar-refractivity contribution in [3.05, 3.63) is 28.7 Å². The Hall–Kier alpha value is -2.82. The molecular weight excluding hydrogens is 398 g/mol. The smallest absolute Gasteiger partial charge is 0.422 e. The summed E-state index contributed by atoms with van der Waals surface area (Å²) < 4.78 is 65.6. The average molecular weight is 410 g/mol. The largest absolute Gasteiger partial charge is 0.492 e. The number of rotatable bonds is 5. The molecule has 0 saturated carbocycles. The molecule has 0 aliphatic carbocycles. The van der Waals surface area contributed by atoms with E-state index in [1.807, 2.05) is 0 Å². The SMILES string of the molecule is COC(=O)c1nc(-c2ccc(Cl)c(OC)c2F)nc(N)c1OCC(F)(F)F. The van der Waals surface area contributed by atoms with Crippen LogP contribution < -0.4 is 15.2 Å². The van der Waals surface area contributed by atoms with Gasteiger partial charge in [-0.15, -0.1) is 0 Å². The van der Waals surface area contributed by atoms with E-state index in [0.717, 1.165) is 7.11 Å². The second-order valence-corrected chi connectivity index (χ2v) is 5.35. The molecule has 1 aromatic carbocycles. The highest BCUT2D eigenvalue weighted by Crippen LogP contribution is 2.35. The van der Waals surface area contributed by atoms with Gasteiger partial charge in [-0.3, -0.25) is 0 Å². The fraction of sp³-hybridized carbons (Fsp3) is 0.267. The van der Waals surface area contributed by atoms with Crippen molar-refractivity contribution < 1.29 is 36.6 Å². The fourth-order valence-electron chi connectivity index (χ4n) is 2.01. The zero-order valence-electron chi connectivity index (χ0n) is 13.9. The van der Waals surface area contributed by atoms with Gasteiger partial charge in [0.15, 0.2) is 41.3 Å². The average Bonchev–Trinajstić information content (AvgIpc) is 2.59. The van der Waals surface area contributed by atoms with E-state index in [1.165, 1.54) is 19.2 Å². The Morgan fingerprint density at radius 2 is 1.89 bits per heavy atom. The van der Waals surface area contributed by atoms with Crippen LogP contribution in [-0.4, -0.2) is 42.9 Å². The highest BCUT2D eigenvalue weighted by Gasteiger charge is 2.31. The summed E-state index contributed by atoms with van der Waals surface area (Å²) in [6, 6.07) is 2.47. The first-order valence-corrected chi connectivity index (χ1v) is 7.44. The zero-order valence-corrected chi connectivity index (χ0v) is 14.6. The second-order valence-electron chi connectivity index (χ2n) is 4.95. The maximum Gasteiger partial charge on any atom is 0.422 e. The van der Waals surface area contributed by atoms with E-state index in [9.17, 15) is 22.4 Å². The van der Waals surface area contributed by atoms with Crippen LogP contribution in [0.5, 0.6) is 11.5 Å². The highest BCUT2D eigenvalue weighted by atomic mass is 35.5. The van der Waals surface area contributed by atoms with Gasteiger partial charge in [0.1, 0.15) is 0 Å². The quantitative estimate of drug-likeness (QED) is 0.598. The minimum Gasteiger partial charge on any atom is -0.492 e. The van der Waals surface area contributed by atoms with Crippen molar-refractivity contribution in [1.82, 2.24) is 9.97 Å². The molecule has 0 fully saturated rings. The molecule has 2 aromatic rings. The maximum absolute atomic E-state index is 14.5. The fourth-order valence-corrected chi connectivity index (χ4v) is 2.24. The summed E-state index contributed by atoms with van der Waals surface area (Å²) in [6.07, 6.45) is -4.70. The number of esters is 1. The Kier molecular flexibility index (Phi) is 5.94. The molecule has 2 N–H and O–H groups in total. The van der Waals surface area contributed by atoms with E-state index in [-0.39, 0.29) is 16.3 Å². The van der Waals surface area contributed by atoms with Gasteiger partial charge in [0.05, 0.1) is 24.8 Å². The van der Waals surface area contributed by atoms with Crippen LogP contribution in [0.4, 0.5) is 23.4 Å². The third-order valence-electron chi connectivity index (χ3n) is 3.14. The molecule has 1 heterocycles. The van der Waals surface area contributed by atoms with Crippen molar-refractivity contribution in [2.24, 2.45) is 0 Å². The standard InChI is InChI=1S/C15H12ClF4N3O4/c1-25-10-7(16)4-3-6(8(10)17)13-22-9(14(24)26-2)11(12(21)23-13)27-5-15(18,19)20/h3-4H,5H2,1-2H3,(H2,21,22,23). The van der Waals surface area contributed by atoms with Gasteiger partial charge < -0.3 is 19.9 Å². The topological polar surface area (TPSA) is 96.6 Å². The number of methoxy groups -OCH3 is 2. The minimum atomic E-state index is -4.70. The molecule has 0 radical (unpaired) electrons. The molecule has 0 amide bonds. The summed E-state index contributed by atoms with van der Waals surface area (Å²) in [5, 5.41) is -0.0370. The number of nitrogens with two attached hydrogens (primary N) is 1. The van der Waals surface area contributed by atoms with E-state index >= 15 is 0 Å². The number of hydrogen-bond acceptors (Lipinski definition) is 7. The van der Waals surface area contributed by atoms with E-state index in [0.29, 0.717) is 0 Å². The molecular formula is C15H12ClF4N3O4. The minimum absolute atomic E-state index is 0.0370. The number of anilines is 1. The van der Waals surface area contributed by atoms with Crippen LogP contribution in [0.25, 0.3) is 11.4 Å². The number of hydrogen-bond donors (Lipinski definition) is 1. The summed E-state index contributed by atoms with van der Waals surface area (Å²) in [4.78, 5) is 19.3. The third-order valence-corrected chi connectivity index (χ3v) is 3.44. The van der Waals surface area contributed by atoms with Gasteiger partial charge in [-0.25, -0.2) is 19.2 Å². The van der Waals surface area contributed by atoms with Crippen molar-refractivity contribution >= 4 is 23.4 Å². The molecule has 2 rings (SSSR count).